The van der Waals surface area contributed by atoms with Crippen molar-refractivity contribution in [1.29, 1.82) is 0 Å². The number of amides is 2. The van der Waals surface area contributed by atoms with Gasteiger partial charge in [0.1, 0.15) is 17.2 Å². The second kappa shape index (κ2) is 6.19. The van der Waals surface area contributed by atoms with Gasteiger partial charge < -0.3 is 20.0 Å². The first-order chi connectivity index (χ1) is 11.4. The predicted molar refractivity (Wildman–Crippen MR) is 88.5 cm³/mol. The molecule has 2 amide bonds. The van der Waals surface area contributed by atoms with Crippen LogP contribution in [0.25, 0.3) is 11.0 Å². The number of anilines is 1. The number of hydrogen-bond acceptors (Lipinski definition) is 3. The van der Waals surface area contributed by atoms with Crippen molar-refractivity contribution in [2.75, 3.05) is 5.32 Å². The van der Waals surface area contributed by atoms with Crippen LogP contribution < -0.4 is 16.2 Å². The Kier molecular flexibility index (Phi) is 4.07. The number of furan rings is 1. The molecule has 0 saturated heterocycles. The van der Waals surface area contributed by atoms with Gasteiger partial charge in [0.05, 0.1) is 11.7 Å². The number of H-pyrrole nitrogens is 1. The SMILES string of the molecule is Cc1c(C(C)NC(=O)Nc2ccc(=O)[nH]c2)oc2ccc(F)cc12. The molecule has 0 aliphatic carbocycles. The Morgan fingerprint density at radius 3 is 2.79 bits per heavy atom. The van der Waals surface area contributed by atoms with E-state index in [9.17, 15) is 14.0 Å². The Morgan fingerprint density at radius 2 is 2.08 bits per heavy atom. The number of aromatic nitrogens is 1. The highest BCUT2D eigenvalue weighted by molar-refractivity contribution is 5.89. The number of fused-ring (bicyclic) bond motifs is 1. The van der Waals surface area contributed by atoms with E-state index in [1.165, 1.54) is 30.5 Å². The van der Waals surface area contributed by atoms with E-state index >= 15 is 0 Å². The van der Waals surface area contributed by atoms with Crippen LogP contribution in [0, 0.1) is 12.7 Å². The van der Waals surface area contributed by atoms with Gasteiger partial charge in [0.15, 0.2) is 0 Å². The summed E-state index contributed by atoms with van der Waals surface area (Å²) in [6.45, 7) is 3.59. The van der Waals surface area contributed by atoms with Crippen LogP contribution in [0.4, 0.5) is 14.9 Å². The lowest BCUT2D eigenvalue weighted by atomic mass is 10.1. The third-order valence-electron chi connectivity index (χ3n) is 3.72. The summed E-state index contributed by atoms with van der Waals surface area (Å²) in [5, 5.41) is 6.04. The van der Waals surface area contributed by atoms with Crippen LogP contribution in [-0.2, 0) is 0 Å². The Balaban J connectivity index is 1.75. The molecular weight excluding hydrogens is 313 g/mol. The summed E-state index contributed by atoms with van der Waals surface area (Å²) >= 11 is 0. The topological polar surface area (TPSA) is 87.1 Å². The Labute approximate surface area is 136 Å². The minimum absolute atomic E-state index is 0.251. The maximum atomic E-state index is 13.4. The van der Waals surface area contributed by atoms with E-state index in [-0.39, 0.29) is 11.4 Å². The molecule has 0 aliphatic heterocycles. The molecule has 0 fully saturated rings. The monoisotopic (exact) mass is 329 g/mol. The van der Waals surface area contributed by atoms with Crippen LogP contribution in [0.3, 0.4) is 0 Å². The molecule has 7 heteroatoms. The van der Waals surface area contributed by atoms with Gasteiger partial charge in [-0.2, -0.15) is 0 Å². The second-order valence-corrected chi connectivity index (χ2v) is 5.49. The fraction of sp³-hybridized carbons (Fsp3) is 0.176. The fourth-order valence-electron chi connectivity index (χ4n) is 2.54. The molecule has 2 aromatic heterocycles. The average molecular weight is 329 g/mol. The van der Waals surface area contributed by atoms with Gasteiger partial charge in [-0.15, -0.1) is 0 Å². The number of carbonyl (C=O) groups excluding carboxylic acids is 1. The third kappa shape index (κ3) is 3.15. The molecule has 0 radical (unpaired) electrons. The molecule has 1 aromatic carbocycles. The molecule has 0 saturated carbocycles. The van der Waals surface area contributed by atoms with Crippen LogP contribution >= 0.6 is 0 Å². The summed E-state index contributed by atoms with van der Waals surface area (Å²) in [7, 11) is 0. The van der Waals surface area contributed by atoms with Gasteiger partial charge in [-0.3, -0.25) is 4.79 Å². The Morgan fingerprint density at radius 1 is 1.29 bits per heavy atom. The zero-order valence-electron chi connectivity index (χ0n) is 13.1. The Hall–Kier alpha value is -3.09. The van der Waals surface area contributed by atoms with E-state index in [2.05, 4.69) is 15.6 Å². The number of pyridine rings is 1. The number of hydrogen-bond donors (Lipinski definition) is 3. The van der Waals surface area contributed by atoms with Crippen molar-refractivity contribution in [3.8, 4) is 0 Å². The summed E-state index contributed by atoms with van der Waals surface area (Å²) in [4.78, 5) is 25.5. The van der Waals surface area contributed by atoms with Crippen LogP contribution in [-0.4, -0.2) is 11.0 Å². The van der Waals surface area contributed by atoms with Gasteiger partial charge in [-0.05, 0) is 38.1 Å². The van der Waals surface area contributed by atoms with Crippen LogP contribution in [0.1, 0.15) is 24.3 Å². The third-order valence-corrected chi connectivity index (χ3v) is 3.72. The van der Waals surface area contributed by atoms with Crippen molar-refractivity contribution < 1.29 is 13.6 Å². The molecule has 3 rings (SSSR count). The van der Waals surface area contributed by atoms with Crippen molar-refractivity contribution in [2.45, 2.75) is 19.9 Å². The second-order valence-electron chi connectivity index (χ2n) is 5.49. The van der Waals surface area contributed by atoms with E-state index in [4.69, 9.17) is 4.42 Å². The number of rotatable bonds is 3. The predicted octanol–water partition coefficient (Wildman–Crippen LogP) is 3.45. The molecule has 3 aromatic rings. The summed E-state index contributed by atoms with van der Waals surface area (Å²) in [5.41, 5.74) is 1.56. The first kappa shape index (κ1) is 15.8. The van der Waals surface area contributed by atoms with Crippen LogP contribution in [0.5, 0.6) is 0 Å². The molecular formula is C17H16FN3O3. The molecule has 0 bridgehead atoms. The first-order valence-corrected chi connectivity index (χ1v) is 7.39. The van der Waals surface area contributed by atoms with Gasteiger partial charge in [0.2, 0.25) is 5.56 Å². The maximum absolute atomic E-state index is 13.4. The number of halogens is 1. The van der Waals surface area contributed by atoms with Crippen molar-refractivity contribution in [1.82, 2.24) is 10.3 Å². The van der Waals surface area contributed by atoms with E-state index in [1.54, 1.807) is 13.0 Å². The molecule has 2 heterocycles. The molecule has 0 aliphatic rings. The minimum atomic E-state index is -0.444. The maximum Gasteiger partial charge on any atom is 0.319 e. The number of carbonyl (C=O) groups is 1. The van der Waals surface area contributed by atoms with Crippen LogP contribution in [0.2, 0.25) is 0 Å². The van der Waals surface area contributed by atoms with Gasteiger partial charge in [-0.1, -0.05) is 0 Å². The zero-order valence-corrected chi connectivity index (χ0v) is 13.1. The Bertz CT molecular complexity index is 941. The highest BCUT2D eigenvalue weighted by atomic mass is 19.1. The molecule has 1 atom stereocenters. The first-order valence-electron chi connectivity index (χ1n) is 7.39. The van der Waals surface area contributed by atoms with Crippen molar-refractivity contribution in [2.24, 2.45) is 0 Å². The normalized spacial score (nSPS) is 12.1. The van der Waals surface area contributed by atoms with E-state index in [0.717, 1.165) is 5.56 Å². The van der Waals surface area contributed by atoms with Crippen molar-refractivity contribution >= 4 is 22.7 Å². The average Bonchev–Trinajstić information content (AvgIpc) is 2.86. The summed E-state index contributed by atoms with van der Waals surface area (Å²) in [6, 6.07) is 6.26. The smallest absolute Gasteiger partial charge is 0.319 e. The lowest BCUT2D eigenvalue weighted by molar-refractivity contribution is 0.248. The summed E-state index contributed by atoms with van der Waals surface area (Å²) in [6.07, 6.45) is 1.40. The number of nitrogens with one attached hydrogen (secondary N) is 3. The number of urea groups is 1. The molecule has 24 heavy (non-hydrogen) atoms. The zero-order chi connectivity index (χ0) is 17.3. The largest absolute Gasteiger partial charge is 0.459 e. The van der Waals surface area contributed by atoms with Gasteiger partial charge in [-0.25, -0.2) is 9.18 Å². The quantitative estimate of drug-likeness (QED) is 0.688. The number of benzene rings is 1. The van der Waals surface area contributed by atoms with E-state index in [0.29, 0.717) is 22.4 Å². The van der Waals surface area contributed by atoms with Gasteiger partial charge in [0, 0.05) is 23.2 Å². The standard InChI is InChI=1S/C17H16FN3O3/c1-9-13-7-11(18)3-5-14(13)24-16(9)10(2)20-17(23)21-12-4-6-15(22)19-8-12/h3-8,10H,1-2H3,(H,19,22)(H2,20,21,23). The summed E-state index contributed by atoms with van der Waals surface area (Å²) in [5.74, 6) is 0.224. The molecule has 3 N–H and O–H groups in total. The van der Waals surface area contributed by atoms with Crippen molar-refractivity contribution in [3.63, 3.8) is 0 Å². The van der Waals surface area contributed by atoms with Gasteiger partial charge >= 0.3 is 6.03 Å². The van der Waals surface area contributed by atoms with E-state index < -0.39 is 12.1 Å². The van der Waals surface area contributed by atoms with Crippen molar-refractivity contribution in [3.05, 3.63) is 64.0 Å². The summed E-state index contributed by atoms with van der Waals surface area (Å²) < 4.78 is 19.1. The molecule has 1 unspecified atom stereocenters. The molecule has 124 valence electrons. The minimum Gasteiger partial charge on any atom is -0.459 e. The van der Waals surface area contributed by atoms with Crippen LogP contribution in [0.15, 0.2) is 45.7 Å². The lowest BCUT2D eigenvalue weighted by Gasteiger charge is -2.13. The highest BCUT2D eigenvalue weighted by Gasteiger charge is 2.18. The van der Waals surface area contributed by atoms with Gasteiger partial charge in [0.25, 0.3) is 0 Å². The molecule has 6 nitrogen and oxygen atoms in total. The number of aromatic amines is 1. The highest BCUT2D eigenvalue weighted by Crippen LogP contribution is 2.29. The number of aryl methyl sites for hydroxylation is 1. The lowest BCUT2D eigenvalue weighted by Crippen LogP contribution is -2.31. The van der Waals surface area contributed by atoms with E-state index in [1.807, 2.05) is 6.92 Å². The molecule has 0 spiro atoms. The fourth-order valence-corrected chi connectivity index (χ4v) is 2.54.